The summed E-state index contributed by atoms with van der Waals surface area (Å²) < 4.78 is 27.9. The predicted molar refractivity (Wildman–Crippen MR) is 76.4 cm³/mol. The summed E-state index contributed by atoms with van der Waals surface area (Å²) in [4.78, 5) is 0.354. The molecule has 0 saturated heterocycles. The van der Waals surface area contributed by atoms with Gasteiger partial charge in [0.05, 0.1) is 4.90 Å². The average molecular weight is 282 g/mol. The van der Waals surface area contributed by atoms with E-state index in [4.69, 9.17) is 5.73 Å². The van der Waals surface area contributed by atoms with E-state index in [1.807, 2.05) is 32.9 Å². The van der Waals surface area contributed by atoms with E-state index in [1.54, 1.807) is 6.07 Å². The van der Waals surface area contributed by atoms with Crippen molar-refractivity contribution in [1.82, 2.24) is 4.72 Å². The van der Waals surface area contributed by atoms with Crippen LogP contribution in [-0.2, 0) is 10.0 Å². The lowest BCUT2D eigenvalue weighted by atomic mass is 9.98. The first-order valence-electron chi connectivity index (χ1n) is 6.60. The summed E-state index contributed by atoms with van der Waals surface area (Å²) in [5, 5.41) is 0. The van der Waals surface area contributed by atoms with Crippen LogP contribution in [0.3, 0.4) is 0 Å². The van der Waals surface area contributed by atoms with Crippen molar-refractivity contribution in [2.75, 3.05) is 6.54 Å². The van der Waals surface area contributed by atoms with Gasteiger partial charge in [-0.3, -0.25) is 0 Å². The molecule has 19 heavy (non-hydrogen) atoms. The van der Waals surface area contributed by atoms with E-state index in [0.29, 0.717) is 17.4 Å². The highest BCUT2D eigenvalue weighted by molar-refractivity contribution is 7.89. The van der Waals surface area contributed by atoms with Crippen molar-refractivity contribution < 1.29 is 8.42 Å². The maximum absolute atomic E-state index is 12.5. The minimum Gasteiger partial charge on any atom is -0.329 e. The zero-order valence-corrected chi connectivity index (χ0v) is 12.5. The molecule has 0 spiro atoms. The van der Waals surface area contributed by atoms with Gasteiger partial charge in [0.2, 0.25) is 10.0 Å². The standard InChI is InChI=1S/C14H22N2O2S/c1-10-4-5-11(2)13(8-10)19(17,18)16-14(3,9-15)12-6-7-12/h4-5,8,12,16H,6-7,9,15H2,1-3H3. The third-order valence-corrected chi connectivity index (χ3v) is 5.66. The van der Waals surface area contributed by atoms with Gasteiger partial charge in [-0.1, -0.05) is 12.1 Å². The summed E-state index contributed by atoms with van der Waals surface area (Å²) in [6, 6.07) is 5.46. The van der Waals surface area contributed by atoms with Gasteiger partial charge < -0.3 is 5.73 Å². The van der Waals surface area contributed by atoms with Crippen molar-refractivity contribution in [3.8, 4) is 0 Å². The van der Waals surface area contributed by atoms with Crippen LogP contribution in [-0.4, -0.2) is 20.5 Å². The Labute approximate surface area is 115 Å². The highest BCUT2D eigenvalue weighted by Gasteiger charge is 2.43. The molecule has 1 fully saturated rings. The molecule has 1 aromatic rings. The Morgan fingerprint density at radius 2 is 2.00 bits per heavy atom. The molecule has 3 N–H and O–H groups in total. The minimum atomic E-state index is -3.52. The fourth-order valence-corrected chi connectivity index (χ4v) is 4.18. The van der Waals surface area contributed by atoms with E-state index >= 15 is 0 Å². The maximum atomic E-state index is 12.5. The molecule has 1 saturated carbocycles. The molecule has 4 nitrogen and oxygen atoms in total. The highest BCUT2D eigenvalue weighted by atomic mass is 32.2. The van der Waals surface area contributed by atoms with E-state index in [0.717, 1.165) is 24.0 Å². The Balaban J connectivity index is 2.34. The second kappa shape index (κ2) is 4.89. The van der Waals surface area contributed by atoms with Crippen molar-refractivity contribution in [2.24, 2.45) is 11.7 Å². The van der Waals surface area contributed by atoms with Crippen LogP contribution in [0.5, 0.6) is 0 Å². The van der Waals surface area contributed by atoms with E-state index in [9.17, 15) is 8.42 Å². The Hall–Kier alpha value is -0.910. The fourth-order valence-electron chi connectivity index (χ4n) is 2.37. The van der Waals surface area contributed by atoms with E-state index in [2.05, 4.69) is 4.72 Å². The number of sulfonamides is 1. The molecule has 1 aliphatic rings. The Morgan fingerprint density at radius 1 is 1.37 bits per heavy atom. The van der Waals surface area contributed by atoms with Crippen molar-refractivity contribution in [3.05, 3.63) is 29.3 Å². The lowest BCUT2D eigenvalue weighted by Crippen LogP contribution is -2.53. The van der Waals surface area contributed by atoms with Gasteiger partial charge in [0.1, 0.15) is 0 Å². The number of nitrogens with two attached hydrogens (primary N) is 1. The van der Waals surface area contributed by atoms with Gasteiger partial charge in [-0.25, -0.2) is 13.1 Å². The number of benzene rings is 1. The maximum Gasteiger partial charge on any atom is 0.241 e. The van der Waals surface area contributed by atoms with Crippen LogP contribution in [0.1, 0.15) is 30.9 Å². The molecule has 106 valence electrons. The van der Waals surface area contributed by atoms with Crippen molar-refractivity contribution in [3.63, 3.8) is 0 Å². The third-order valence-electron chi connectivity index (χ3n) is 3.90. The molecule has 0 aliphatic heterocycles. The molecule has 0 heterocycles. The number of rotatable bonds is 5. The number of hydrogen-bond donors (Lipinski definition) is 2. The van der Waals surface area contributed by atoms with Gasteiger partial charge in [0.25, 0.3) is 0 Å². The van der Waals surface area contributed by atoms with Gasteiger partial charge in [-0.05, 0) is 56.7 Å². The summed E-state index contributed by atoms with van der Waals surface area (Å²) in [5.41, 5.74) is 6.94. The van der Waals surface area contributed by atoms with Crippen LogP contribution >= 0.6 is 0 Å². The van der Waals surface area contributed by atoms with Crippen LogP contribution in [0.25, 0.3) is 0 Å². The molecule has 5 heteroatoms. The zero-order chi connectivity index (χ0) is 14.3. The van der Waals surface area contributed by atoms with E-state index < -0.39 is 15.6 Å². The van der Waals surface area contributed by atoms with Crippen LogP contribution in [0, 0.1) is 19.8 Å². The molecular weight excluding hydrogens is 260 g/mol. The smallest absolute Gasteiger partial charge is 0.241 e. The van der Waals surface area contributed by atoms with Gasteiger partial charge in [-0.15, -0.1) is 0 Å². The van der Waals surface area contributed by atoms with Crippen LogP contribution in [0.15, 0.2) is 23.1 Å². The second-order valence-corrected chi connectivity index (χ2v) is 7.42. The summed E-state index contributed by atoms with van der Waals surface area (Å²) in [7, 11) is -3.52. The Bertz CT molecular complexity index is 579. The Morgan fingerprint density at radius 3 is 2.53 bits per heavy atom. The predicted octanol–water partition coefficient (Wildman–Crippen LogP) is 1.71. The summed E-state index contributed by atoms with van der Waals surface area (Å²) in [5.74, 6) is 0.359. The molecule has 0 amide bonds. The van der Waals surface area contributed by atoms with Gasteiger partial charge in [0.15, 0.2) is 0 Å². The molecule has 0 radical (unpaired) electrons. The monoisotopic (exact) mass is 282 g/mol. The quantitative estimate of drug-likeness (QED) is 0.863. The van der Waals surface area contributed by atoms with E-state index in [1.165, 1.54) is 0 Å². The summed E-state index contributed by atoms with van der Waals surface area (Å²) >= 11 is 0. The van der Waals surface area contributed by atoms with Crippen LogP contribution in [0.2, 0.25) is 0 Å². The molecule has 1 unspecified atom stereocenters. The third kappa shape index (κ3) is 2.99. The van der Waals surface area contributed by atoms with Gasteiger partial charge in [0, 0.05) is 12.1 Å². The first-order chi connectivity index (χ1) is 8.78. The number of hydrogen-bond acceptors (Lipinski definition) is 3. The van der Waals surface area contributed by atoms with Crippen molar-refractivity contribution in [2.45, 2.75) is 44.0 Å². The summed E-state index contributed by atoms with van der Waals surface area (Å²) in [6.07, 6.45) is 2.09. The second-order valence-electron chi connectivity index (χ2n) is 5.77. The number of nitrogens with one attached hydrogen (secondary N) is 1. The molecule has 2 rings (SSSR count). The first kappa shape index (κ1) is 14.5. The molecule has 0 aromatic heterocycles. The highest BCUT2D eigenvalue weighted by Crippen LogP contribution is 2.39. The lowest BCUT2D eigenvalue weighted by Gasteiger charge is -2.29. The first-order valence-corrected chi connectivity index (χ1v) is 8.08. The Kier molecular flexibility index (Phi) is 3.73. The van der Waals surface area contributed by atoms with Crippen LogP contribution < -0.4 is 10.5 Å². The molecule has 1 aromatic carbocycles. The van der Waals surface area contributed by atoms with Gasteiger partial charge in [-0.2, -0.15) is 0 Å². The normalized spacial score (nSPS) is 19.2. The molecular formula is C14H22N2O2S. The van der Waals surface area contributed by atoms with Crippen LogP contribution in [0.4, 0.5) is 0 Å². The number of aryl methyl sites for hydroxylation is 2. The largest absolute Gasteiger partial charge is 0.329 e. The summed E-state index contributed by atoms with van der Waals surface area (Å²) in [6.45, 7) is 5.92. The van der Waals surface area contributed by atoms with Crippen molar-refractivity contribution >= 4 is 10.0 Å². The SMILES string of the molecule is Cc1ccc(C)c(S(=O)(=O)NC(C)(CN)C2CC2)c1. The topological polar surface area (TPSA) is 72.2 Å². The zero-order valence-electron chi connectivity index (χ0n) is 11.7. The minimum absolute atomic E-state index is 0.321. The van der Waals surface area contributed by atoms with Crippen molar-refractivity contribution in [1.29, 1.82) is 0 Å². The molecule has 1 aliphatic carbocycles. The fraction of sp³-hybridized carbons (Fsp3) is 0.571. The van der Waals surface area contributed by atoms with Gasteiger partial charge >= 0.3 is 0 Å². The molecule has 0 bridgehead atoms. The molecule has 1 atom stereocenters. The average Bonchev–Trinajstić information content (AvgIpc) is 3.15. The lowest BCUT2D eigenvalue weighted by molar-refractivity contribution is 0.374. The van der Waals surface area contributed by atoms with E-state index in [-0.39, 0.29) is 0 Å².